The molecule has 2 aromatic heterocycles. The summed E-state index contributed by atoms with van der Waals surface area (Å²) in [4.78, 5) is 30.8. The van der Waals surface area contributed by atoms with Gasteiger partial charge in [-0.3, -0.25) is 14.6 Å². The third kappa shape index (κ3) is 5.33. The Bertz CT molecular complexity index is 748. The number of rotatable bonds is 7. The van der Waals surface area contributed by atoms with Gasteiger partial charge < -0.3 is 10.2 Å². The number of nitrogens with zero attached hydrogens (tertiary/aromatic N) is 2. The molecule has 2 rings (SSSR count). The summed E-state index contributed by atoms with van der Waals surface area (Å²) in [5.41, 5.74) is 0.163. The molecule has 126 valence electrons. The lowest BCUT2D eigenvalue weighted by Gasteiger charge is -2.20. The quantitative estimate of drug-likeness (QED) is 0.745. The maximum absolute atomic E-state index is 12.3. The van der Waals surface area contributed by atoms with Gasteiger partial charge in [-0.05, 0) is 24.3 Å². The van der Waals surface area contributed by atoms with E-state index in [1.165, 1.54) is 23.6 Å². The van der Waals surface area contributed by atoms with Gasteiger partial charge in [0, 0.05) is 22.6 Å². The van der Waals surface area contributed by atoms with E-state index in [0.29, 0.717) is 22.4 Å². The molecule has 2 amide bonds. The van der Waals surface area contributed by atoms with Crippen LogP contribution in [0, 0.1) is 0 Å². The van der Waals surface area contributed by atoms with Crippen LogP contribution in [0.25, 0.3) is 0 Å². The number of hydrogen-bond acceptors (Lipinski definition) is 4. The topological polar surface area (TPSA) is 62.3 Å². The molecule has 1 N–H and O–H groups in total. The first kappa shape index (κ1) is 18.4. The minimum Gasteiger partial charge on any atom is -0.342 e. The Hall–Kier alpha value is -1.89. The number of nitrogens with one attached hydrogen (secondary N) is 1. The van der Waals surface area contributed by atoms with Gasteiger partial charge >= 0.3 is 0 Å². The molecule has 5 nitrogen and oxygen atoms in total. The van der Waals surface area contributed by atoms with Crippen LogP contribution >= 0.6 is 34.5 Å². The smallest absolute Gasteiger partial charge is 0.270 e. The van der Waals surface area contributed by atoms with E-state index >= 15 is 0 Å². The normalized spacial score (nSPS) is 10.2. The third-order valence-corrected chi connectivity index (χ3v) is 4.48. The molecule has 0 spiro atoms. The SMILES string of the molecule is C=CCN(Cc1ccc(Cl)s1)C(=O)CNC(=O)c1cc(Cl)ccn1. The number of carbonyl (C=O) groups excluding carboxylic acids is 2. The van der Waals surface area contributed by atoms with Gasteiger partial charge in [0.15, 0.2) is 0 Å². The molecule has 0 aliphatic carbocycles. The fraction of sp³-hybridized carbons (Fsp3) is 0.188. The van der Waals surface area contributed by atoms with Gasteiger partial charge in [0.2, 0.25) is 5.91 Å². The standard InChI is InChI=1S/C16H15Cl2N3O2S/c1-2-7-21(10-12-3-4-14(18)24-12)15(22)9-20-16(23)13-8-11(17)5-6-19-13/h2-6,8H,1,7,9-10H2,(H,20,23). The lowest BCUT2D eigenvalue weighted by molar-refractivity contribution is -0.130. The average Bonchev–Trinajstić information content (AvgIpc) is 2.97. The first-order valence-electron chi connectivity index (χ1n) is 7.02. The summed E-state index contributed by atoms with van der Waals surface area (Å²) < 4.78 is 0.663. The summed E-state index contributed by atoms with van der Waals surface area (Å²) in [6.45, 7) is 4.30. The number of hydrogen-bond donors (Lipinski definition) is 1. The molecule has 24 heavy (non-hydrogen) atoms. The highest BCUT2D eigenvalue weighted by atomic mass is 35.5. The molecule has 2 aromatic rings. The number of pyridine rings is 1. The van der Waals surface area contributed by atoms with Crippen LogP contribution in [-0.2, 0) is 11.3 Å². The molecule has 0 unspecified atom stereocenters. The summed E-state index contributed by atoms with van der Waals surface area (Å²) >= 11 is 13.1. The predicted molar refractivity (Wildman–Crippen MR) is 96.5 cm³/mol. The molecule has 8 heteroatoms. The van der Waals surface area contributed by atoms with E-state index in [1.807, 2.05) is 6.07 Å². The average molecular weight is 384 g/mol. The molecule has 2 heterocycles. The summed E-state index contributed by atoms with van der Waals surface area (Å²) in [5.74, 6) is -0.682. The molecule has 0 atom stereocenters. The first-order chi connectivity index (χ1) is 11.5. The highest BCUT2D eigenvalue weighted by Crippen LogP contribution is 2.22. The minimum atomic E-state index is -0.455. The van der Waals surface area contributed by atoms with Crippen LogP contribution < -0.4 is 5.32 Å². The Morgan fingerprint density at radius 1 is 1.33 bits per heavy atom. The van der Waals surface area contributed by atoms with Crippen LogP contribution in [0.15, 0.2) is 43.1 Å². The fourth-order valence-corrected chi connectivity index (χ4v) is 3.19. The maximum Gasteiger partial charge on any atom is 0.270 e. The second-order valence-electron chi connectivity index (χ2n) is 4.81. The molecular formula is C16H15Cl2N3O2S. The highest BCUT2D eigenvalue weighted by molar-refractivity contribution is 7.16. The molecule has 0 saturated carbocycles. The molecule has 0 saturated heterocycles. The molecule has 0 aliphatic rings. The van der Waals surface area contributed by atoms with Crippen molar-refractivity contribution in [2.45, 2.75) is 6.54 Å². The molecule has 0 fully saturated rings. The Kier molecular flexibility index (Phi) is 6.78. The van der Waals surface area contributed by atoms with Crippen molar-refractivity contribution >= 4 is 46.4 Å². The highest BCUT2D eigenvalue weighted by Gasteiger charge is 2.16. The zero-order valence-electron chi connectivity index (χ0n) is 12.7. The molecule has 0 bridgehead atoms. The van der Waals surface area contributed by atoms with Gasteiger partial charge in [-0.15, -0.1) is 17.9 Å². The van der Waals surface area contributed by atoms with Crippen molar-refractivity contribution in [3.05, 3.63) is 63.0 Å². The second kappa shape index (κ2) is 8.82. The number of halogens is 2. The van der Waals surface area contributed by atoms with Gasteiger partial charge in [-0.2, -0.15) is 0 Å². The Morgan fingerprint density at radius 3 is 2.75 bits per heavy atom. The Labute approximate surface area is 153 Å². The van der Waals surface area contributed by atoms with Crippen LogP contribution in [0.4, 0.5) is 0 Å². The summed E-state index contributed by atoms with van der Waals surface area (Å²) in [6.07, 6.45) is 3.07. The van der Waals surface area contributed by atoms with E-state index in [1.54, 1.807) is 23.1 Å². The molecule has 0 aromatic carbocycles. The minimum absolute atomic E-state index is 0.139. The summed E-state index contributed by atoms with van der Waals surface area (Å²) in [6, 6.07) is 6.66. The number of aromatic nitrogens is 1. The van der Waals surface area contributed by atoms with E-state index in [0.717, 1.165) is 4.88 Å². The van der Waals surface area contributed by atoms with Crippen molar-refractivity contribution in [2.24, 2.45) is 0 Å². The molecule has 0 radical (unpaired) electrons. The monoisotopic (exact) mass is 383 g/mol. The van der Waals surface area contributed by atoms with Crippen molar-refractivity contribution in [3.8, 4) is 0 Å². The molecular weight excluding hydrogens is 369 g/mol. The van der Waals surface area contributed by atoms with E-state index in [4.69, 9.17) is 23.2 Å². The van der Waals surface area contributed by atoms with Gasteiger partial charge in [-0.1, -0.05) is 29.3 Å². The van der Waals surface area contributed by atoms with Crippen LogP contribution in [0.1, 0.15) is 15.4 Å². The maximum atomic E-state index is 12.3. The summed E-state index contributed by atoms with van der Waals surface area (Å²) in [7, 11) is 0. The fourth-order valence-electron chi connectivity index (χ4n) is 1.92. The van der Waals surface area contributed by atoms with Gasteiger partial charge in [0.05, 0.1) is 17.4 Å². The van der Waals surface area contributed by atoms with Crippen molar-refractivity contribution in [2.75, 3.05) is 13.1 Å². The van der Waals surface area contributed by atoms with E-state index in [2.05, 4.69) is 16.9 Å². The predicted octanol–water partition coefficient (Wildman–Crippen LogP) is 3.39. The van der Waals surface area contributed by atoms with E-state index in [-0.39, 0.29) is 18.1 Å². The first-order valence-corrected chi connectivity index (χ1v) is 8.59. The van der Waals surface area contributed by atoms with Crippen molar-refractivity contribution in [1.82, 2.24) is 15.2 Å². The van der Waals surface area contributed by atoms with Crippen LogP contribution in [0.2, 0.25) is 9.36 Å². The van der Waals surface area contributed by atoms with Crippen molar-refractivity contribution in [3.63, 3.8) is 0 Å². The Morgan fingerprint density at radius 2 is 2.12 bits per heavy atom. The summed E-state index contributed by atoms with van der Waals surface area (Å²) in [5, 5.41) is 2.95. The van der Waals surface area contributed by atoms with Crippen LogP contribution in [-0.4, -0.2) is 34.8 Å². The number of thiophene rings is 1. The lowest BCUT2D eigenvalue weighted by Crippen LogP contribution is -2.40. The van der Waals surface area contributed by atoms with Crippen LogP contribution in [0.5, 0.6) is 0 Å². The lowest BCUT2D eigenvalue weighted by atomic mass is 10.3. The van der Waals surface area contributed by atoms with Gasteiger partial charge in [0.25, 0.3) is 5.91 Å². The zero-order chi connectivity index (χ0) is 17.5. The van der Waals surface area contributed by atoms with Crippen molar-refractivity contribution < 1.29 is 9.59 Å². The zero-order valence-corrected chi connectivity index (χ0v) is 15.0. The van der Waals surface area contributed by atoms with Crippen LogP contribution in [0.3, 0.4) is 0 Å². The van der Waals surface area contributed by atoms with Crippen molar-refractivity contribution in [1.29, 1.82) is 0 Å². The van der Waals surface area contributed by atoms with Gasteiger partial charge in [0.1, 0.15) is 5.69 Å². The van der Waals surface area contributed by atoms with E-state index < -0.39 is 5.91 Å². The van der Waals surface area contributed by atoms with E-state index in [9.17, 15) is 9.59 Å². The van der Waals surface area contributed by atoms with Gasteiger partial charge in [-0.25, -0.2) is 0 Å². The number of carbonyl (C=O) groups is 2. The number of amides is 2. The Balaban J connectivity index is 1.94. The third-order valence-electron chi connectivity index (χ3n) is 3.03. The molecule has 0 aliphatic heterocycles. The largest absolute Gasteiger partial charge is 0.342 e. The second-order valence-corrected chi connectivity index (χ2v) is 7.05.